The molecule has 8 heteroatoms. The van der Waals surface area contributed by atoms with E-state index >= 15 is 0 Å². The van der Waals surface area contributed by atoms with Crippen LogP contribution in [0, 0.1) is 6.92 Å². The first-order valence-corrected chi connectivity index (χ1v) is 7.45. The SMILES string of the molecule is CSc1nnc(SC(C)c2nnc(C)o2)s1. The van der Waals surface area contributed by atoms with Gasteiger partial charge in [0.25, 0.3) is 0 Å². The third-order valence-corrected chi connectivity index (χ3v) is 4.80. The molecule has 0 radical (unpaired) electrons. The molecule has 0 aliphatic carbocycles. The molecule has 2 heterocycles. The zero-order chi connectivity index (χ0) is 11.5. The largest absolute Gasteiger partial charge is 0.424 e. The third kappa shape index (κ3) is 2.74. The molecule has 1 atom stereocenters. The molecule has 2 rings (SSSR count). The maximum Gasteiger partial charge on any atom is 0.229 e. The van der Waals surface area contributed by atoms with Crippen LogP contribution in [0.5, 0.6) is 0 Å². The lowest BCUT2D eigenvalue weighted by atomic mass is 10.5. The zero-order valence-corrected chi connectivity index (χ0v) is 11.4. The number of nitrogens with zero attached hydrogens (tertiary/aromatic N) is 4. The Bertz CT molecular complexity index is 469. The van der Waals surface area contributed by atoms with Gasteiger partial charge < -0.3 is 4.42 Å². The summed E-state index contributed by atoms with van der Waals surface area (Å²) in [4.78, 5) is 0. The molecule has 16 heavy (non-hydrogen) atoms. The van der Waals surface area contributed by atoms with E-state index in [2.05, 4.69) is 20.4 Å². The average Bonchev–Trinajstić information content (AvgIpc) is 2.87. The van der Waals surface area contributed by atoms with Crippen LogP contribution in [0.15, 0.2) is 13.1 Å². The van der Waals surface area contributed by atoms with Gasteiger partial charge in [-0.2, -0.15) is 0 Å². The molecule has 2 aromatic heterocycles. The number of hydrogen-bond donors (Lipinski definition) is 0. The lowest BCUT2D eigenvalue weighted by molar-refractivity contribution is 0.470. The van der Waals surface area contributed by atoms with E-state index in [4.69, 9.17) is 4.42 Å². The molecule has 0 amide bonds. The van der Waals surface area contributed by atoms with Crippen molar-refractivity contribution in [1.82, 2.24) is 20.4 Å². The van der Waals surface area contributed by atoms with Gasteiger partial charge in [0.2, 0.25) is 11.8 Å². The Morgan fingerprint density at radius 1 is 1.19 bits per heavy atom. The second-order valence-electron chi connectivity index (χ2n) is 2.96. The number of hydrogen-bond acceptors (Lipinski definition) is 8. The van der Waals surface area contributed by atoms with E-state index < -0.39 is 0 Å². The lowest BCUT2D eigenvalue weighted by Gasteiger charge is -2.01. The Morgan fingerprint density at radius 2 is 1.94 bits per heavy atom. The molecule has 0 bridgehead atoms. The van der Waals surface area contributed by atoms with E-state index in [0.29, 0.717) is 11.8 Å². The highest BCUT2D eigenvalue weighted by atomic mass is 32.2. The van der Waals surface area contributed by atoms with Crippen molar-refractivity contribution in [2.75, 3.05) is 6.26 Å². The highest BCUT2D eigenvalue weighted by Gasteiger charge is 2.16. The standard InChI is InChI=1S/C8H10N4OS3/c1-4(6-10-9-5(2)13-6)15-8-12-11-7(14-3)16-8/h4H,1-3H3. The fourth-order valence-corrected chi connectivity index (χ4v) is 3.62. The lowest BCUT2D eigenvalue weighted by Crippen LogP contribution is -1.88. The van der Waals surface area contributed by atoms with Crippen LogP contribution >= 0.6 is 34.9 Å². The maximum atomic E-state index is 5.36. The van der Waals surface area contributed by atoms with Crippen LogP contribution in [-0.4, -0.2) is 26.7 Å². The van der Waals surface area contributed by atoms with Gasteiger partial charge in [-0.05, 0) is 13.2 Å². The van der Waals surface area contributed by atoms with Crippen LogP contribution in [0.25, 0.3) is 0 Å². The minimum Gasteiger partial charge on any atom is -0.424 e. The minimum absolute atomic E-state index is 0.101. The molecular formula is C8H10N4OS3. The van der Waals surface area contributed by atoms with Crippen molar-refractivity contribution in [3.8, 4) is 0 Å². The fourth-order valence-electron chi connectivity index (χ4n) is 1.01. The summed E-state index contributed by atoms with van der Waals surface area (Å²) < 4.78 is 7.25. The third-order valence-electron chi connectivity index (χ3n) is 1.73. The number of aromatic nitrogens is 4. The van der Waals surface area contributed by atoms with Gasteiger partial charge in [0, 0.05) is 6.92 Å². The summed E-state index contributed by atoms with van der Waals surface area (Å²) in [6.07, 6.45) is 1.99. The summed E-state index contributed by atoms with van der Waals surface area (Å²) in [5, 5.41) is 16.0. The Labute approximate surface area is 105 Å². The molecule has 0 aliphatic rings. The summed E-state index contributed by atoms with van der Waals surface area (Å²) in [5.41, 5.74) is 0. The van der Waals surface area contributed by atoms with Gasteiger partial charge in [-0.15, -0.1) is 20.4 Å². The van der Waals surface area contributed by atoms with Gasteiger partial charge in [-0.3, -0.25) is 0 Å². The second-order valence-corrected chi connectivity index (χ2v) is 6.58. The van der Waals surface area contributed by atoms with Crippen LogP contribution in [0.3, 0.4) is 0 Å². The number of rotatable bonds is 4. The minimum atomic E-state index is 0.101. The average molecular weight is 274 g/mol. The van der Waals surface area contributed by atoms with Crippen LogP contribution in [-0.2, 0) is 0 Å². The van der Waals surface area contributed by atoms with Gasteiger partial charge in [0.1, 0.15) is 0 Å². The highest BCUT2D eigenvalue weighted by molar-refractivity contribution is 8.03. The Kier molecular flexibility index (Phi) is 3.82. The first-order chi connectivity index (χ1) is 7.69. The molecule has 0 N–H and O–H groups in total. The molecule has 86 valence electrons. The summed E-state index contributed by atoms with van der Waals surface area (Å²) in [5.74, 6) is 1.22. The molecular weight excluding hydrogens is 264 g/mol. The van der Waals surface area contributed by atoms with Crippen molar-refractivity contribution < 1.29 is 4.42 Å². The van der Waals surface area contributed by atoms with Gasteiger partial charge in [0.05, 0.1) is 5.25 Å². The van der Waals surface area contributed by atoms with Crippen LogP contribution < -0.4 is 0 Å². The van der Waals surface area contributed by atoms with Gasteiger partial charge in [-0.1, -0.05) is 34.9 Å². The van der Waals surface area contributed by atoms with Gasteiger partial charge in [-0.25, -0.2) is 0 Å². The van der Waals surface area contributed by atoms with Crippen molar-refractivity contribution in [2.24, 2.45) is 0 Å². The van der Waals surface area contributed by atoms with E-state index in [9.17, 15) is 0 Å². The normalized spacial score (nSPS) is 12.9. The summed E-state index contributed by atoms with van der Waals surface area (Å²) in [6.45, 7) is 3.79. The van der Waals surface area contributed by atoms with Crippen molar-refractivity contribution in [1.29, 1.82) is 0 Å². The second kappa shape index (κ2) is 5.15. The Balaban J connectivity index is 2.04. The molecule has 5 nitrogen and oxygen atoms in total. The Hall–Kier alpha value is -0.600. The molecule has 0 aliphatic heterocycles. The maximum absolute atomic E-state index is 5.36. The molecule has 2 aromatic rings. The van der Waals surface area contributed by atoms with E-state index in [0.717, 1.165) is 8.68 Å². The van der Waals surface area contributed by atoms with Crippen molar-refractivity contribution in [3.63, 3.8) is 0 Å². The highest BCUT2D eigenvalue weighted by Crippen LogP contribution is 2.37. The first-order valence-electron chi connectivity index (χ1n) is 4.53. The quantitative estimate of drug-likeness (QED) is 0.794. The molecule has 0 fully saturated rings. The van der Waals surface area contributed by atoms with E-state index in [1.807, 2.05) is 13.2 Å². The molecule has 0 spiro atoms. The molecule has 0 saturated heterocycles. The van der Waals surface area contributed by atoms with Gasteiger partial charge >= 0.3 is 0 Å². The van der Waals surface area contributed by atoms with E-state index in [1.54, 1.807) is 41.8 Å². The van der Waals surface area contributed by atoms with Crippen molar-refractivity contribution in [2.45, 2.75) is 27.8 Å². The predicted molar refractivity (Wildman–Crippen MR) is 65.0 cm³/mol. The number of aryl methyl sites for hydroxylation is 1. The Morgan fingerprint density at radius 3 is 2.50 bits per heavy atom. The fraction of sp³-hybridized carbons (Fsp3) is 0.500. The molecule has 1 unspecified atom stereocenters. The van der Waals surface area contributed by atoms with Crippen LogP contribution in [0.1, 0.15) is 24.0 Å². The van der Waals surface area contributed by atoms with E-state index in [-0.39, 0.29) is 5.25 Å². The smallest absolute Gasteiger partial charge is 0.229 e. The zero-order valence-electron chi connectivity index (χ0n) is 9.00. The predicted octanol–water partition coefficient (Wildman–Crippen LogP) is 2.80. The van der Waals surface area contributed by atoms with Crippen molar-refractivity contribution >= 4 is 34.9 Å². The summed E-state index contributed by atoms with van der Waals surface area (Å²) >= 11 is 4.75. The van der Waals surface area contributed by atoms with Gasteiger partial charge in [0.15, 0.2) is 8.68 Å². The first kappa shape index (κ1) is 11.9. The molecule has 0 aromatic carbocycles. The topological polar surface area (TPSA) is 64.7 Å². The number of thioether (sulfide) groups is 2. The van der Waals surface area contributed by atoms with Crippen molar-refractivity contribution in [3.05, 3.63) is 11.8 Å². The summed E-state index contributed by atoms with van der Waals surface area (Å²) in [6, 6.07) is 0. The van der Waals surface area contributed by atoms with Crippen LogP contribution in [0.4, 0.5) is 0 Å². The monoisotopic (exact) mass is 274 g/mol. The molecule has 0 saturated carbocycles. The van der Waals surface area contributed by atoms with E-state index in [1.165, 1.54) is 0 Å². The summed E-state index contributed by atoms with van der Waals surface area (Å²) in [7, 11) is 0. The van der Waals surface area contributed by atoms with Crippen LogP contribution in [0.2, 0.25) is 0 Å².